The van der Waals surface area contributed by atoms with Gasteiger partial charge in [0.2, 0.25) is 0 Å². The van der Waals surface area contributed by atoms with Crippen LogP contribution in [0.2, 0.25) is 0 Å². The van der Waals surface area contributed by atoms with Gasteiger partial charge in [0.05, 0.1) is 0 Å². The maximum Gasteiger partial charge on any atom is 0.269 e. The quantitative estimate of drug-likeness (QED) is 0.803. The minimum Gasteiger partial charge on any atom is -0.350 e. The van der Waals surface area contributed by atoms with Gasteiger partial charge in [-0.1, -0.05) is 6.07 Å². The summed E-state index contributed by atoms with van der Waals surface area (Å²) < 4.78 is 0. The van der Waals surface area contributed by atoms with Crippen molar-refractivity contribution >= 4 is 16.8 Å². The lowest BCUT2D eigenvalue weighted by molar-refractivity contribution is 0.0823. The first-order valence-electron chi connectivity index (χ1n) is 5.73. The zero-order valence-corrected chi connectivity index (χ0v) is 11.0. The van der Waals surface area contributed by atoms with Crippen LogP contribution in [0.25, 0.3) is 10.9 Å². The summed E-state index contributed by atoms with van der Waals surface area (Å²) in [5.74, 6) is 0.0117. The lowest BCUT2D eigenvalue weighted by Gasteiger charge is -2.07. The minimum atomic E-state index is 0.0117. The average molecular weight is 230 g/mol. The van der Waals surface area contributed by atoms with Crippen molar-refractivity contribution in [2.24, 2.45) is 0 Å². The van der Waals surface area contributed by atoms with E-state index in [-0.39, 0.29) is 5.91 Å². The van der Waals surface area contributed by atoms with E-state index in [1.807, 2.05) is 6.07 Å². The maximum atomic E-state index is 11.9. The number of aryl methyl sites for hydroxylation is 3. The van der Waals surface area contributed by atoms with Crippen molar-refractivity contribution in [3.63, 3.8) is 0 Å². The van der Waals surface area contributed by atoms with E-state index in [9.17, 15) is 4.79 Å². The summed E-state index contributed by atoms with van der Waals surface area (Å²) in [5.41, 5.74) is 5.40. The number of benzene rings is 1. The Morgan fingerprint density at radius 2 is 1.76 bits per heavy atom. The lowest BCUT2D eigenvalue weighted by Crippen LogP contribution is -2.21. The summed E-state index contributed by atoms with van der Waals surface area (Å²) in [6.45, 7) is 6.25. The number of amides is 1. The van der Waals surface area contributed by atoms with Crippen LogP contribution in [0.4, 0.5) is 0 Å². The minimum absolute atomic E-state index is 0.0117. The van der Waals surface area contributed by atoms with Gasteiger partial charge >= 0.3 is 0 Å². The van der Waals surface area contributed by atoms with Crippen LogP contribution < -0.4 is 0 Å². The highest BCUT2D eigenvalue weighted by molar-refractivity contribution is 5.99. The van der Waals surface area contributed by atoms with Crippen LogP contribution in [0.5, 0.6) is 0 Å². The topological polar surface area (TPSA) is 36.1 Å². The number of fused-ring (bicyclic) bond motifs is 1. The van der Waals surface area contributed by atoms with Crippen LogP contribution in [0.3, 0.4) is 0 Å². The summed E-state index contributed by atoms with van der Waals surface area (Å²) in [7, 11) is 3.53. The third kappa shape index (κ3) is 1.82. The van der Waals surface area contributed by atoms with E-state index in [0.29, 0.717) is 5.69 Å². The number of carbonyl (C=O) groups excluding carboxylic acids is 1. The molecule has 0 saturated heterocycles. The van der Waals surface area contributed by atoms with E-state index in [2.05, 4.69) is 31.8 Å². The molecule has 17 heavy (non-hydrogen) atoms. The molecule has 1 heterocycles. The molecular weight excluding hydrogens is 212 g/mol. The second-order valence-electron chi connectivity index (χ2n) is 4.81. The van der Waals surface area contributed by atoms with Crippen LogP contribution in [0.1, 0.15) is 27.2 Å². The molecule has 90 valence electrons. The zero-order chi connectivity index (χ0) is 12.7. The number of nitrogens with one attached hydrogen (secondary N) is 1. The molecule has 0 aliphatic heterocycles. The summed E-state index contributed by atoms with van der Waals surface area (Å²) in [5, 5.41) is 1.14. The van der Waals surface area contributed by atoms with Crippen molar-refractivity contribution in [3.05, 3.63) is 34.5 Å². The molecule has 1 N–H and O–H groups in total. The largest absolute Gasteiger partial charge is 0.350 e. The molecule has 2 aromatic rings. The van der Waals surface area contributed by atoms with Gasteiger partial charge in [0, 0.05) is 25.0 Å². The normalized spacial score (nSPS) is 10.9. The highest BCUT2D eigenvalue weighted by atomic mass is 16.2. The van der Waals surface area contributed by atoms with Gasteiger partial charge in [-0.3, -0.25) is 4.79 Å². The fourth-order valence-corrected chi connectivity index (χ4v) is 2.13. The summed E-state index contributed by atoms with van der Waals surface area (Å²) in [6, 6.07) is 4.11. The first kappa shape index (κ1) is 11.7. The lowest BCUT2D eigenvalue weighted by atomic mass is 10.0. The van der Waals surface area contributed by atoms with Crippen molar-refractivity contribution in [2.45, 2.75) is 20.8 Å². The molecule has 0 radical (unpaired) electrons. The number of rotatable bonds is 1. The first-order chi connectivity index (χ1) is 7.91. The highest BCUT2D eigenvalue weighted by Crippen LogP contribution is 2.25. The Balaban J connectivity index is 2.69. The van der Waals surface area contributed by atoms with Crippen molar-refractivity contribution in [2.75, 3.05) is 14.1 Å². The third-order valence-corrected chi connectivity index (χ3v) is 3.28. The van der Waals surface area contributed by atoms with E-state index in [1.165, 1.54) is 16.7 Å². The zero-order valence-electron chi connectivity index (χ0n) is 11.0. The fraction of sp³-hybridized carbons (Fsp3) is 0.357. The summed E-state index contributed by atoms with van der Waals surface area (Å²) >= 11 is 0. The monoisotopic (exact) mass is 230 g/mol. The van der Waals surface area contributed by atoms with Crippen molar-refractivity contribution in [1.82, 2.24) is 9.88 Å². The third-order valence-electron chi connectivity index (χ3n) is 3.28. The molecule has 1 aromatic heterocycles. The van der Waals surface area contributed by atoms with Crippen LogP contribution >= 0.6 is 0 Å². The smallest absolute Gasteiger partial charge is 0.269 e. The van der Waals surface area contributed by atoms with E-state index in [4.69, 9.17) is 0 Å². The first-order valence-corrected chi connectivity index (χ1v) is 5.73. The van der Waals surface area contributed by atoms with E-state index in [1.54, 1.807) is 19.0 Å². The van der Waals surface area contributed by atoms with E-state index < -0.39 is 0 Å². The standard InChI is InChI=1S/C14H18N2O/c1-8-6-9(2)11-7-12(14(17)16(4)5)15-13(11)10(8)3/h6-7,15H,1-5H3. The van der Waals surface area contributed by atoms with Gasteiger partial charge in [-0.25, -0.2) is 0 Å². The highest BCUT2D eigenvalue weighted by Gasteiger charge is 2.14. The molecule has 0 unspecified atom stereocenters. The number of hydrogen-bond acceptors (Lipinski definition) is 1. The number of aromatic amines is 1. The number of hydrogen-bond donors (Lipinski definition) is 1. The second-order valence-corrected chi connectivity index (χ2v) is 4.81. The summed E-state index contributed by atoms with van der Waals surface area (Å²) in [4.78, 5) is 16.7. The molecule has 1 aromatic carbocycles. The Morgan fingerprint density at radius 3 is 2.35 bits per heavy atom. The number of aromatic nitrogens is 1. The SMILES string of the molecule is Cc1cc(C)c2cc(C(=O)N(C)C)[nH]c2c1C. The van der Waals surface area contributed by atoms with Crippen LogP contribution in [-0.2, 0) is 0 Å². The van der Waals surface area contributed by atoms with E-state index in [0.717, 1.165) is 10.9 Å². The molecule has 1 amide bonds. The van der Waals surface area contributed by atoms with Gasteiger partial charge < -0.3 is 9.88 Å². The van der Waals surface area contributed by atoms with Crippen molar-refractivity contribution in [1.29, 1.82) is 0 Å². The average Bonchev–Trinajstić information content (AvgIpc) is 2.70. The van der Waals surface area contributed by atoms with Gasteiger partial charge in [0.25, 0.3) is 5.91 Å². The Kier molecular flexibility index (Phi) is 2.69. The molecule has 0 aliphatic carbocycles. The Morgan fingerprint density at radius 1 is 1.12 bits per heavy atom. The fourth-order valence-electron chi connectivity index (χ4n) is 2.13. The summed E-state index contributed by atoms with van der Waals surface area (Å²) in [6.07, 6.45) is 0. The van der Waals surface area contributed by atoms with Gasteiger partial charge in [0.15, 0.2) is 0 Å². The molecule has 0 atom stereocenters. The van der Waals surface area contributed by atoms with E-state index >= 15 is 0 Å². The predicted octanol–water partition coefficient (Wildman–Crippen LogP) is 2.79. The molecule has 0 aliphatic rings. The Bertz CT molecular complexity index is 594. The molecule has 0 spiro atoms. The van der Waals surface area contributed by atoms with Crippen molar-refractivity contribution in [3.8, 4) is 0 Å². The second kappa shape index (κ2) is 3.91. The number of H-pyrrole nitrogens is 1. The number of carbonyl (C=O) groups is 1. The van der Waals surface area contributed by atoms with Gasteiger partial charge in [-0.15, -0.1) is 0 Å². The predicted molar refractivity (Wildman–Crippen MR) is 70.5 cm³/mol. The van der Waals surface area contributed by atoms with Crippen molar-refractivity contribution < 1.29 is 4.79 Å². The molecule has 3 heteroatoms. The van der Waals surface area contributed by atoms with Crippen LogP contribution in [-0.4, -0.2) is 29.9 Å². The molecule has 0 bridgehead atoms. The van der Waals surface area contributed by atoms with Gasteiger partial charge in [0.1, 0.15) is 5.69 Å². The molecule has 2 rings (SSSR count). The molecule has 0 fully saturated rings. The maximum absolute atomic E-state index is 11.9. The van der Waals surface area contributed by atoms with Crippen LogP contribution in [0.15, 0.2) is 12.1 Å². The molecule has 0 saturated carbocycles. The molecular formula is C14H18N2O. The number of nitrogens with zero attached hydrogens (tertiary/aromatic N) is 1. The van der Waals surface area contributed by atoms with Gasteiger partial charge in [-0.2, -0.15) is 0 Å². The molecule has 3 nitrogen and oxygen atoms in total. The Labute approximate surface area is 101 Å². The van der Waals surface area contributed by atoms with Crippen LogP contribution in [0, 0.1) is 20.8 Å². The van der Waals surface area contributed by atoms with Gasteiger partial charge in [-0.05, 0) is 43.5 Å². The Hall–Kier alpha value is -1.77.